The van der Waals surface area contributed by atoms with Crippen molar-refractivity contribution in [2.75, 3.05) is 7.05 Å². The minimum atomic E-state index is -0.719. The molecule has 0 aromatic heterocycles. The van der Waals surface area contributed by atoms with E-state index in [9.17, 15) is 20.0 Å². The van der Waals surface area contributed by atoms with E-state index in [1.165, 1.54) is 13.1 Å². The molecule has 0 heterocycles. The molecule has 0 aliphatic rings. The molecule has 0 aliphatic heterocycles. The zero-order valence-corrected chi connectivity index (χ0v) is 7.35. The Balaban J connectivity index is 3.12. The molecule has 0 fully saturated rings. The van der Waals surface area contributed by atoms with Gasteiger partial charge in [-0.05, 0) is 12.1 Å². The summed E-state index contributed by atoms with van der Waals surface area (Å²) >= 11 is 0. The number of carbonyl (C=O) groups is 1. The molecular formula is C8H8N2O4. The minimum Gasteiger partial charge on any atom is -0.502 e. The van der Waals surface area contributed by atoms with Crippen LogP contribution in [0.4, 0.5) is 5.69 Å². The molecule has 0 radical (unpaired) electrons. The summed E-state index contributed by atoms with van der Waals surface area (Å²) in [5, 5.41) is 21.8. The van der Waals surface area contributed by atoms with Gasteiger partial charge in [0.2, 0.25) is 0 Å². The third kappa shape index (κ3) is 1.79. The summed E-state index contributed by atoms with van der Waals surface area (Å²) in [6.07, 6.45) is 0. The highest BCUT2D eigenvalue weighted by atomic mass is 16.6. The van der Waals surface area contributed by atoms with E-state index >= 15 is 0 Å². The maximum atomic E-state index is 11.1. The predicted octanol–water partition coefficient (Wildman–Crippen LogP) is 0.660. The van der Waals surface area contributed by atoms with Crippen molar-refractivity contribution in [3.8, 4) is 5.75 Å². The Morgan fingerprint density at radius 1 is 1.57 bits per heavy atom. The van der Waals surface area contributed by atoms with Gasteiger partial charge in [-0.1, -0.05) is 0 Å². The number of nitrogens with zero attached hydrogens (tertiary/aromatic N) is 1. The fraction of sp³-hybridized carbons (Fsp3) is 0.125. The Bertz CT molecular complexity index is 389. The summed E-state index contributed by atoms with van der Waals surface area (Å²) in [5.74, 6) is -0.925. The average molecular weight is 196 g/mol. The number of nitro benzene ring substituents is 1. The molecule has 1 aromatic carbocycles. The molecule has 0 aliphatic carbocycles. The number of benzene rings is 1. The normalized spacial score (nSPS) is 9.50. The molecule has 0 saturated carbocycles. The zero-order chi connectivity index (χ0) is 10.7. The Morgan fingerprint density at radius 2 is 2.21 bits per heavy atom. The van der Waals surface area contributed by atoms with Gasteiger partial charge in [-0.2, -0.15) is 0 Å². The summed E-state index contributed by atoms with van der Waals surface area (Å²) < 4.78 is 0. The largest absolute Gasteiger partial charge is 0.502 e. The fourth-order valence-electron chi connectivity index (χ4n) is 0.963. The molecular weight excluding hydrogens is 188 g/mol. The van der Waals surface area contributed by atoms with Gasteiger partial charge in [-0.3, -0.25) is 14.9 Å². The lowest BCUT2D eigenvalue weighted by Gasteiger charge is -2.00. The molecule has 6 heteroatoms. The second-order valence-corrected chi connectivity index (χ2v) is 2.54. The molecule has 0 spiro atoms. The van der Waals surface area contributed by atoms with Gasteiger partial charge in [0.25, 0.3) is 5.91 Å². The van der Waals surface area contributed by atoms with Crippen LogP contribution < -0.4 is 5.32 Å². The molecule has 6 nitrogen and oxygen atoms in total. The van der Waals surface area contributed by atoms with Crippen molar-refractivity contribution in [1.82, 2.24) is 5.32 Å². The number of nitrogens with one attached hydrogen (secondary N) is 1. The van der Waals surface area contributed by atoms with Gasteiger partial charge < -0.3 is 10.4 Å². The predicted molar refractivity (Wildman–Crippen MR) is 48.2 cm³/mol. The second-order valence-electron chi connectivity index (χ2n) is 2.54. The number of carbonyl (C=O) groups excluding carboxylic acids is 1. The Kier molecular flexibility index (Phi) is 2.66. The van der Waals surface area contributed by atoms with Crippen molar-refractivity contribution >= 4 is 11.6 Å². The van der Waals surface area contributed by atoms with E-state index in [1.807, 2.05) is 0 Å². The Labute approximate surface area is 79.3 Å². The van der Waals surface area contributed by atoms with Gasteiger partial charge in [-0.15, -0.1) is 0 Å². The van der Waals surface area contributed by atoms with Crippen LogP contribution in [0.25, 0.3) is 0 Å². The molecule has 1 amide bonds. The van der Waals surface area contributed by atoms with E-state index in [2.05, 4.69) is 5.32 Å². The molecule has 2 N–H and O–H groups in total. The van der Waals surface area contributed by atoms with Gasteiger partial charge >= 0.3 is 5.69 Å². The van der Waals surface area contributed by atoms with E-state index in [0.29, 0.717) is 0 Å². The van der Waals surface area contributed by atoms with E-state index in [0.717, 1.165) is 12.1 Å². The van der Waals surface area contributed by atoms with Crippen LogP contribution in [0.1, 0.15) is 10.4 Å². The van der Waals surface area contributed by atoms with Crippen LogP contribution in [-0.2, 0) is 0 Å². The number of phenols is 1. The average Bonchev–Trinajstić information content (AvgIpc) is 2.15. The van der Waals surface area contributed by atoms with Crippen molar-refractivity contribution in [3.63, 3.8) is 0 Å². The third-order valence-corrected chi connectivity index (χ3v) is 1.66. The lowest BCUT2D eigenvalue weighted by Crippen LogP contribution is -2.17. The first-order valence-electron chi connectivity index (χ1n) is 3.75. The molecule has 0 atom stereocenters. The van der Waals surface area contributed by atoms with Crippen LogP contribution in [0.5, 0.6) is 5.75 Å². The number of aromatic hydroxyl groups is 1. The van der Waals surface area contributed by atoms with E-state index < -0.39 is 22.3 Å². The monoisotopic (exact) mass is 196 g/mol. The third-order valence-electron chi connectivity index (χ3n) is 1.66. The zero-order valence-electron chi connectivity index (χ0n) is 7.35. The molecule has 1 aromatic rings. The summed E-state index contributed by atoms with van der Waals surface area (Å²) in [4.78, 5) is 20.7. The summed E-state index contributed by atoms with van der Waals surface area (Å²) in [7, 11) is 1.43. The highest BCUT2D eigenvalue weighted by molar-refractivity contribution is 5.94. The highest BCUT2D eigenvalue weighted by Crippen LogP contribution is 2.25. The maximum Gasteiger partial charge on any atom is 0.310 e. The molecule has 0 unspecified atom stereocenters. The van der Waals surface area contributed by atoms with Crippen molar-refractivity contribution in [2.45, 2.75) is 0 Å². The van der Waals surface area contributed by atoms with Gasteiger partial charge in [0.05, 0.1) is 4.92 Å². The van der Waals surface area contributed by atoms with Crippen LogP contribution in [0.2, 0.25) is 0 Å². The van der Waals surface area contributed by atoms with Gasteiger partial charge in [-0.25, -0.2) is 0 Å². The van der Waals surface area contributed by atoms with Crippen LogP contribution in [-0.4, -0.2) is 23.0 Å². The van der Waals surface area contributed by atoms with E-state index in [4.69, 9.17) is 0 Å². The highest BCUT2D eigenvalue weighted by Gasteiger charge is 2.14. The van der Waals surface area contributed by atoms with Crippen LogP contribution >= 0.6 is 0 Å². The summed E-state index contributed by atoms with van der Waals surface area (Å²) in [6.45, 7) is 0. The Hall–Kier alpha value is -2.11. The smallest absolute Gasteiger partial charge is 0.310 e. The topological polar surface area (TPSA) is 92.5 Å². The number of hydrogen-bond donors (Lipinski definition) is 2. The molecule has 0 saturated heterocycles. The molecule has 14 heavy (non-hydrogen) atoms. The van der Waals surface area contributed by atoms with E-state index in [1.54, 1.807) is 0 Å². The number of rotatable bonds is 2. The number of nitro groups is 1. The lowest BCUT2D eigenvalue weighted by atomic mass is 10.2. The van der Waals surface area contributed by atoms with Crippen LogP contribution in [0, 0.1) is 10.1 Å². The maximum absolute atomic E-state index is 11.1. The summed E-state index contributed by atoms with van der Waals surface area (Å²) in [6, 6.07) is 3.41. The second kappa shape index (κ2) is 3.73. The van der Waals surface area contributed by atoms with E-state index in [-0.39, 0.29) is 5.56 Å². The first-order chi connectivity index (χ1) is 6.56. The standard InChI is InChI=1S/C8H8N2O4/c1-9-8(12)5-2-3-6(10(13)14)7(11)4-5/h2-4,11H,1H3,(H,9,12). The van der Waals surface area contributed by atoms with Gasteiger partial charge in [0, 0.05) is 18.7 Å². The molecule has 1 rings (SSSR count). The number of hydrogen-bond acceptors (Lipinski definition) is 4. The minimum absolute atomic E-state index is 0.176. The van der Waals surface area contributed by atoms with Gasteiger partial charge in [0.1, 0.15) is 0 Å². The van der Waals surface area contributed by atoms with Crippen LogP contribution in [0.15, 0.2) is 18.2 Å². The number of amides is 1. The number of phenolic OH excluding ortho intramolecular Hbond substituents is 1. The lowest BCUT2D eigenvalue weighted by molar-refractivity contribution is -0.385. The van der Waals surface area contributed by atoms with Crippen molar-refractivity contribution in [3.05, 3.63) is 33.9 Å². The quantitative estimate of drug-likeness (QED) is 0.536. The molecule has 74 valence electrons. The molecule has 0 bridgehead atoms. The Morgan fingerprint density at radius 3 is 2.64 bits per heavy atom. The van der Waals surface area contributed by atoms with Crippen molar-refractivity contribution in [2.24, 2.45) is 0 Å². The fourth-order valence-corrected chi connectivity index (χ4v) is 0.963. The van der Waals surface area contributed by atoms with Gasteiger partial charge in [0.15, 0.2) is 5.75 Å². The van der Waals surface area contributed by atoms with Crippen LogP contribution in [0.3, 0.4) is 0 Å². The SMILES string of the molecule is CNC(=O)c1ccc([N+](=O)[O-])c(O)c1. The van der Waals surface area contributed by atoms with Crippen molar-refractivity contribution in [1.29, 1.82) is 0 Å². The van der Waals surface area contributed by atoms with Crippen molar-refractivity contribution < 1.29 is 14.8 Å². The first kappa shape index (κ1) is 9.97. The summed E-state index contributed by atoms with van der Waals surface area (Å²) in [5.41, 5.74) is -0.242. The first-order valence-corrected chi connectivity index (χ1v) is 3.75.